The van der Waals surface area contributed by atoms with Crippen LogP contribution < -0.4 is 0 Å². The Kier molecular flexibility index (Phi) is 13.7. The maximum atomic E-state index is 12.7. The Balaban J connectivity index is 3.25. The first-order valence-electron chi connectivity index (χ1n) is 15.5. The first-order valence-corrected chi connectivity index (χ1v) is 15.5. The van der Waals surface area contributed by atoms with Gasteiger partial charge in [0.25, 0.3) is 0 Å². The highest BCUT2D eigenvalue weighted by molar-refractivity contribution is 5.71. The largest absolute Gasteiger partial charge is 0.461 e. The molecule has 0 N–H and O–H groups in total. The van der Waals surface area contributed by atoms with Crippen LogP contribution in [0.25, 0.3) is 0 Å². The van der Waals surface area contributed by atoms with Crippen molar-refractivity contribution in [3.8, 4) is 0 Å². The summed E-state index contributed by atoms with van der Waals surface area (Å²) >= 11 is 0. The van der Waals surface area contributed by atoms with E-state index in [9.17, 15) is 33.6 Å². The van der Waals surface area contributed by atoms with Crippen molar-refractivity contribution in [1.82, 2.24) is 0 Å². The Morgan fingerprint density at radius 2 is 1.10 bits per heavy atom. The van der Waals surface area contributed by atoms with Crippen LogP contribution in [-0.4, -0.2) is 78.9 Å². The molecular weight excluding hydrogens is 632 g/mol. The lowest BCUT2D eigenvalue weighted by Gasteiger charge is -2.48. The number of rotatable bonds is 8. The van der Waals surface area contributed by atoms with Gasteiger partial charge in [-0.2, -0.15) is 0 Å². The molecule has 266 valence electrons. The summed E-state index contributed by atoms with van der Waals surface area (Å²) in [5.41, 5.74) is 0.106. The molecule has 0 amide bonds. The van der Waals surface area contributed by atoms with E-state index >= 15 is 0 Å². The van der Waals surface area contributed by atoms with Crippen LogP contribution in [0.4, 0.5) is 0 Å². The molecule has 0 aliphatic heterocycles. The van der Waals surface area contributed by atoms with Crippen LogP contribution in [0.15, 0.2) is 34.1 Å². The lowest BCUT2D eigenvalue weighted by atomic mass is 9.60. The van der Waals surface area contributed by atoms with Crippen molar-refractivity contribution in [2.75, 3.05) is 6.61 Å². The normalized spacial score (nSPS) is 25.6. The number of carbonyl (C=O) groups excluding carboxylic acids is 7. The second-order valence-electron chi connectivity index (χ2n) is 12.4. The molecule has 0 aromatic rings. The van der Waals surface area contributed by atoms with Crippen LogP contribution in [0.3, 0.4) is 0 Å². The van der Waals surface area contributed by atoms with Gasteiger partial charge in [-0.15, -0.1) is 0 Å². The predicted molar refractivity (Wildman–Crippen MR) is 166 cm³/mol. The summed E-state index contributed by atoms with van der Waals surface area (Å²) in [4.78, 5) is 87.1. The highest BCUT2D eigenvalue weighted by atomic mass is 16.6. The van der Waals surface area contributed by atoms with Crippen LogP contribution in [0.1, 0.15) is 89.0 Å². The molecule has 2 rings (SSSR count). The lowest BCUT2D eigenvalue weighted by molar-refractivity contribution is -0.156. The van der Waals surface area contributed by atoms with Crippen LogP contribution in [-0.2, 0) is 66.7 Å². The van der Waals surface area contributed by atoms with Gasteiger partial charge in [0.1, 0.15) is 31.0 Å². The van der Waals surface area contributed by atoms with Gasteiger partial charge in [0.15, 0.2) is 11.9 Å². The summed E-state index contributed by atoms with van der Waals surface area (Å²) in [5.74, 6) is -5.90. The average molecular weight is 679 g/mol. The molecule has 0 saturated carbocycles. The highest BCUT2D eigenvalue weighted by Crippen LogP contribution is 2.52. The standard InChI is InChI=1S/C34H46O14/c1-16-27(43-19(4)36)13-26-30(46-22(7)39)12-25(15-42-18(3)35)29(45-21(6)38)14-28(44-20(5)37)17(2)32(47-23(8)40)33(48-24(9)41)31(16)34(26,10)11/h12,26-30,33H,13-15H2,1-11H3. The molecule has 48 heavy (non-hydrogen) atoms. The van der Waals surface area contributed by atoms with Crippen molar-refractivity contribution >= 4 is 41.8 Å². The van der Waals surface area contributed by atoms with Crippen LogP contribution in [0.2, 0.25) is 0 Å². The Morgan fingerprint density at radius 1 is 0.625 bits per heavy atom. The molecule has 0 saturated heterocycles. The quantitative estimate of drug-likeness (QED) is 0.205. The fourth-order valence-electron chi connectivity index (χ4n) is 6.33. The van der Waals surface area contributed by atoms with E-state index in [1.807, 2.05) is 0 Å². The summed E-state index contributed by atoms with van der Waals surface area (Å²) in [6.45, 7) is 14.6. The molecule has 0 radical (unpaired) electrons. The van der Waals surface area contributed by atoms with Gasteiger partial charge in [-0.1, -0.05) is 13.8 Å². The summed E-state index contributed by atoms with van der Waals surface area (Å²) < 4.78 is 39.9. The summed E-state index contributed by atoms with van der Waals surface area (Å²) in [7, 11) is 0. The average Bonchev–Trinajstić information content (AvgIpc) is 2.91. The maximum Gasteiger partial charge on any atom is 0.307 e. The van der Waals surface area contributed by atoms with Gasteiger partial charge in [-0.05, 0) is 42.9 Å². The van der Waals surface area contributed by atoms with Gasteiger partial charge >= 0.3 is 41.8 Å². The minimum atomic E-state index is -1.42. The third kappa shape index (κ3) is 10.5. The highest BCUT2D eigenvalue weighted by Gasteiger charge is 2.51. The fourth-order valence-corrected chi connectivity index (χ4v) is 6.33. The summed E-state index contributed by atoms with van der Waals surface area (Å²) in [6, 6.07) is 0. The van der Waals surface area contributed by atoms with E-state index in [2.05, 4.69) is 0 Å². The van der Waals surface area contributed by atoms with Crippen molar-refractivity contribution in [3.05, 3.63) is 34.1 Å². The molecule has 0 spiro atoms. The molecule has 6 unspecified atom stereocenters. The van der Waals surface area contributed by atoms with E-state index < -0.39 is 90.2 Å². The molecule has 2 aliphatic carbocycles. The van der Waals surface area contributed by atoms with Crippen LogP contribution in [0, 0.1) is 11.3 Å². The van der Waals surface area contributed by atoms with E-state index in [0.29, 0.717) is 11.1 Å². The van der Waals surface area contributed by atoms with Crippen LogP contribution in [0.5, 0.6) is 0 Å². The summed E-state index contributed by atoms with van der Waals surface area (Å²) in [6.07, 6.45) is -4.63. The van der Waals surface area contributed by atoms with Gasteiger partial charge < -0.3 is 33.2 Å². The Hall–Kier alpha value is -4.49. The van der Waals surface area contributed by atoms with Gasteiger partial charge in [0.2, 0.25) is 0 Å². The topological polar surface area (TPSA) is 184 Å². The molecule has 14 heteroatoms. The van der Waals surface area contributed by atoms with E-state index in [0.717, 1.165) is 27.7 Å². The molecule has 0 aromatic carbocycles. The van der Waals surface area contributed by atoms with E-state index in [1.165, 1.54) is 33.8 Å². The van der Waals surface area contributed by atoms with Crippen molar-refractivity contribution < 1.29 is 66.7 Å². The second kappa shape index (κ2) is 16.6. The number of carbonyl (C=O) groups is 7. The van der Waals surface area contributed by atoms with Crippen molar-refractivity contribution in [2.24, 2.45) is 11.3 Å². The molecule has 0 heterocycles. The monoisotopic (exact) mass is 678 g/mol. The molecule has 2 aliphatic rings. The first-order chi connectivity index (χ1) is 22.1. The zero-order valence-electron chi connectivity index (χ0n) is 29.4. The summed E-state index contributed by atoms with van der Waals surface area (Å²) in [5, 5.41) is 0. The Bertz CT molecular complexity index is 1410. The van der Waals surface area contributed by atoms with Gasteiger partial charge in [0.05, 0.1) is 0 Å². The molecule has 0 fully saturated rings. The number of fused-ring (bicyclic) bond motifs is 2. The molecule has 2 bridgehead atoms. The van der Waals surface area contributed by atoms with Crippen LogP contribution >= 0.6 is 0 Å². The first kappa shape index (κ1) is 39.7. The maximum absolute atomic E-state index is 12.7. The minimum Gasteiger partial charge on any atom is -0.461 e. The predicted octanol–water partition coefficient (Wildman–Crippen LogP) is 3.74. The number of hydrogen-bond donors (Lipinski definition) is 0. The van der Waals surface area contributed by atoms with Crippen molar-refractivity contribution in [1.29, 1.82) is 0 Å². The van der Waals surface area contributed by atoms with E-state index in [4.69, 9.17) is 33.2 Å². The zero-order chi connectivity index (χ0) is 36.7. The van der Waals surface area contributed by atoms with Gasteiger partial charge in [0, 0.05) is 72.0 Å². The van der Waals surface area contributed by atoms with Gasteiger partial charge in [-0.25, -0.2) is 0 Å². The number of ether oxygens (including phenoxy) is 7. The fraction of sp³-hybridized carbons (Fsp3) is 0.618. The van der Waals surface area contributed by atoms with E-state index in [-0.39, 0.29) is 29.7 Å². The SMILES string of the molecule is CC(=O)OCC1=CC(OC(C)=O)C2CC(OC(C)=O)C(C)=C(C(OC(C)=O)C(OC(C)=O)=C(C)C(OC(C)=O)CC1OC(C)=O)C2(C)C. The van der Waals surface area contributed by atoms with Gasteiger partial charge in [-0.3, -0.25) is 33.6 Å². The molecule has 14 nitrogen and oxygen atoms in total. The third-order valence-electron chi connectivity index (χ3n) is 8.19. The number of esters is 7. The Labute approximate surface area is 280 Å². The van der Waals surface area contributed by atoms with Crippen molar-refractivity contribution in [2.45, 2.75) is 120 Å². The molecule has 6 atom stereocenters. The number of hydrogen-bond acceptors (Lipinski definition) is 14. The zero-order valence-corrected chi connectivity index (χ0v) is 29.4. The third-order valence-corrected chi connectivity index (χ3v) is 8.19. The smallest absolute Gasteiger partial charge is 0.307 e. The molecular formula is C34H46O14. The Morgan fingerprint density at radius 3 is 1.56 bits per heavy atom. The lowest BCUT2D eigenvalue weighted by Crippen LogP contribution is -2.49. The second-order valence-corrected chi connectivity index (χ2v) is 12.4. The molecule has 0 aromatic heterocycles. The van der Waals surface area contributed by atoms with Crippen molar-refractivity contribution in [3.63, 3.8) is 0 Å². The van der Waals surface area contributed by atoms with E-state index in [1.54, 1.807) is 20.8 Å². The minimum absolute atomic E-state index is 0.115.